The van der Waals surface area contributed by atoms with Crippen molar-refractivity contribution in [1.82, 2.24) is 10.2 Å². The van der Waals surface area contributed by atoms with Crippen LogP contribution in [0.5, 0.6) is 11.5 Å². The third-order valence-corrected chi connectivity index (χ3v) is 5.62. The number of halogens is 1. The van der Waals surface area contributed by atoms with Crippen molar-refractivity contribution in [3.63, 3.8) is 0 Å². The van der Waals surface area contributed by atoms with E-state index in [0.29, 0.717) is 6.79 Å². The van der Waals surface area contributed by atoms with Gasteiger partial charge in [-0.25, -0.2) is 0 Å². The first-order valence-corrected chi connectivity index (χ1v) is 9.17. The Bertz CT molecular complexity index is 609. The summed E-state index contributed by atoms with van der Waals surface area (Å²) in [5, 5.41) is 3.54. The van der Waals surface area contributed by atoms with E-state index in [2.05, 4.69) is 27.3 Å². The van der Waals surface area contributed by atoms with Gasteiger partial charge in [0.25, 0.3) is 0 Å². The lowest BCUT2D eigenvalue weighted by atomic mass is 9.82. The van der Waals surface area contributed by atoms with Gasteiger partial charge >= 0.3 is 0 Å². The Morgan fingerprint density at radius 1 is 1.16 bits per heavy atom. The molecule has 0 bridgehead atoms. The Hall–Kier alpha value is -1.18. The second-order valence-electron chi connectivity index (χ2n) is 7.12. The van der Waals surface area contributed by atoms with Crippen molar-refractivity contribution in [3.8, 4) is 11.5 Å². The van der Waals surface area contributed by atoms with E-state index in [1.165, 1.54) is 44.3 Å². The molecule has 6 heteroatoms. The summed E-state index contributed by atoms with van der Waals surface area (Å²) in [4.78, 5) is 6.96. The number of ether oxygens (including phenoxy) is 2. The highest BCUT2D eigenvalue weighted by Gasteiger charge is 2.35. The average molecular weight is 457 g/mol. The number of nitrogens with one attached hydrogen (secondary N) is 1. The summed E-state index contributed by atoms with van der Waals surface area (Å²) in [7, 11) is 1.89. The van der Waals surface area contributed by atoms with Gasteiger partial charge < -0.3 is 19.7 Å². The number of nitrogens with zero attached hydrogens (tertiary/aromatic N) is 2. The topological polar surface area (TPSA) is 46.1 Å². The van der Waals surface area contributed by atoms with Crippen LogP contribution < -0.4 is 14.8 Å². The van der Waals surface area contributed by atoms with Crippen LogP contribution in [0.1, 0.15) is 31.2 Å². The highest BCUT2D eigenvalue weighted by molar-refractivity contribution is 14.0. The number of hydrogen-bond donors (Lipinski definition) is 1. The summed E-state index contributed by atoms with van der Waals surface area (Å²) in [6, 6.07) is 6.19. The Morgan fingerprint density at radius 3 is 2.60 bits per heavy atom. The number of fused-ring (bicyclic) bond motifs is 2. The minimum absolute atomic E-state index is 0. The molecule has 138 valence electrons. The molecule has 2 fully saturated rings. The van der Waals surface area contributed by atoms with Crippen LogP contribution in [0.15, 0.2) is 23.2 Å². The van der Waals surface area contributed by atoms with Gasteiger partial charge in [-0.1, -0.05) is 18.9 Å². The molecule has 3 aliphatic rings. The van der Waals surface area contributed by atoms with Gasteiger partial charge in [0.15, 0.2) is 17.5 Å². The van der Waals surface area contributed by atoms with Crippen molar-refractivity contribution in [3.05, 3.63) is 23.8 Å². The zero-order valence-electron chi connectivity index (χ0n) is 14.9. The molecule has 4 rings (SSSR count). The quantitative estimate of drug-likeness (QED) is 0.430. The molecule has 5 nitrogen and oxygen atoms in total. The van der Waals surface area contributed by atoms with E-state index in [4.69, 9.17) is 9.47 Å². The summed E-state index contributed by atoms with van der Waals surface area (Å²) in [6.45, 7) is 3.57. The van der Waals surface area contributed by atoms with Crippen LogP contribution in [0.2, 0.25) is 0 Å². The summed E-state index contributed by atoms with van der Waals surface area (Å²) in [5.41, 5.74) is 1.26. The SMILES string of the molecule is CN=C(NCCc1ccc2c(c1)OCO2)N1CC2CCCCC2C1.I. The number of guanidine groups is 1. The highest BCUT2D eigenvalue weighted by atomic mass is 127. The monoisotopic (exact) mass is 457 g/mol. The molecule has 1 saturated carbocycles. The smallest absolute Gasteiger partial charge is 0.231 e. The van der Waals surface area contributed by atoms with Crippen LogP contribution in [0.3, 0.4) is 0 Å². The molecule has 2 unspecified atom stereocenters. The molecule has 0 amide bonds. The molecule has 2 aliphatic heterocycles. The lowest BCUT2D eigenvalue weighted by Gasteiger charge is -2.22. The summed E-state index contributed by atoms with van der Waals surface area (Å²) >= 11 is 0. The van der Waals surface area contributed by atoms with Crippen LogP contribution >= 0.6 is 24.0 Å². The number of benzene rings is 1. The zero-order valence-corrected chi connectivity index (χ0v) is 17.2. The Kier molecular flexibility index (Phi) is 6.30. The van der Waals surface area contributed by atoms with Crippen LogP contribution in [-0.4, -0.2) is 44.3 Å². The summed E-state index contributed by atoms with van der Waals surface area (Å²) < 4.78 is 10.8. The predicted octanol–water partition coefficient (Wildman–Crippen LogP) is 3.27. The fraction of sp³-hybridized carbons (Fsp3) is 0.632. The average Bonchev–Trinajstić information content (AvgIpc) is 3.24. The van der Waals surface area contributed by atoms with Crippen molar-refractivity contribution in [2.75, 3.05) is 33.5 Å². The number of aliphatic imine (C=N–C) groups is 1. The van der Waals surface area contributed by atoms with Crippen molar-refractivity contribution >= 4 is 29.9 Å². The largest absolute Gasteiger partial charge is 0.454 e. The maximum absolute atomic E-state index is 5.45. The van der Waals surface area contributed by atoms with Crippen molar-refractivity contribution in [2.45, 2.75) is 32.1 Å². The van der Waals surface area contributed by atoms with Crippen LogP contribution in [0.4, 0.5) is 0 Å². The van der Waals surface area contributed by atoms with Crippen LogP contribution in [-0.2, 0) is 6.42 Å². The van der Waals surface area contributed by atoms with E-state index in [9.17, 15) is 0 Å². The Balaban J connectivity index is 0.00000182. The first kappa shape index (κ1) is 18.6. The van der Waals surface area contributed by atoms with E-state index >= 15 is 0 Å². The maximum Gasteiger partial charge on any atom is 0.231 e. The van der Waals surface area contributed by atoms with Crippen molar-refractivity contribution < 1.29 is 9.47 Å². The third-order valence-electron chi connectivity index (χ3n) is 5.62. The van der Waals surface area contributed by atoms with Gasteiger partial charge in [0.2, 0.25) is 6.79 Å². The molecule has 25 heavy (non-hydrogen) atoms. The Labute approximate surface area is 167 Å². The fourth-order valence-electron chi connectivity index (χ4n) is 4.33. The number of hydrogen-bond acceptors (Lipinski definition) is 3. The van der Waals surface area contributed by atoms with Crippen LogP contribution in [0.25, 0.3) is 0 Å². The molecule has 0 radical (unpaired) electrons. The molecular weight excluding hydrogens is 429 g/mol. The molecule has 1 aliphatic carbocycles. The van der Waals surface area contributed by atoms with Gasteiger partial charge in [0.1, 0.15) is 0 Å². The first-order chi connectivity index (χ1) is 11.8. The minimum Gasteiger partial charge on any atom is -0.454 e. The molecule has 1 aromatic rings. The van der Waals surface area contributed by atoms with Gasteiger partial charge in [-0.15, -0.1) is 24.0 Å². The molecule has 2 atom stereocenters. The molecule has 1 N–H and O–H groups in total. The van der Waals surface area contributed by atoms with Gasteiger partial charge in [0, 0.05) is 26.7 Å². The Morgan fingerprint density at radius 2 is 1.88 bits per heavy atom. The van der Waals surface area contributed by atoms with E-state index in [-0.39, 0.29) is 24.0 Å². The molecule has 1 aromatic carbocycles. The summed E-state index contributed by atoms with van der Waals surface area (Å²) in [6.07, 6.45) is 6.57. The van der Waals surface area contributed by atoms with Gasteiger partial charge in [-0.3, -0.25) is 4.99 Å². The van der Waals surface area contributed by atoms with E-state index in [0.717, 1.165) is 42.3 Å². The molecular formula is C19H28IN3O2. The van der Waals surface area contributed by atoms with E-state index in [1.54, 1.807) is 0 Å². The van der Waals surface area contributed by atoms with Crippen LogP contribution in [0, 0.1) is 11.8 Å². The predicted molar refractivity (Wildman–Crippen MR) is 110 cm³/mol. The van der Waals surface area contributed by atoms with Gasteiger partial charge in [-0.2, -0.15) is 0 Å². The van der Waals surface area contributed by atoms with Gasteiger partial charge in [0.05, 0.1) is 0 Å². The molecule has 2 heterocycles. The standard InChI is InChI=1S/C19H27N3O2.HI/c1-20-19(22-11-15-4-2-3-5-16(15)12-22)21-9-8-14-6-7-17-18(10-14)24-13-23-17;/h6-7,10,15-16H,2-5,8-9,11-13H2,1H3,(H,20,21);1H. The number of likely N-dealkylation sites (tertiary alicyclic amines) is 1. The lowest BCUT2D eigenvalue weighted by molar-refractivity contribution is 0.174. The lowest BCUT2D eigenvalue weighted by Crippen LogP contribution is -2.41. The van der Waals surface area contributed by atoms with E-state index < -0.39 is 0 Å². The second kappa shape index (κ2) is 8.47. The first-order valence-electron chi connectivity index (χ1n) is 9.17. The van der Waals surface area contributed by atoms with Gasteiger partial charge in [-0.05, 0) is 48.8 Å². The molecule has 1 saturated heterocycles. The van der Waals surface area contributed by atoms with Crippen molar-refractivity contribution in [2.24, 2.45) is 16.8 Å². The summed E-state index contributed by atoms with van der Waals surface area (Å²) in [5.74, 6) is 4.53. The van der Waals surface area contributed by atoms with E-state index in [1.807, 2.05) is 13.1 Å². The highest BCUT2D eigenvalue weighted by Crippen LogP contribution is 2.36. The second-order valence-corrected chi connectivity index (χ2v) is 7.12. The minimum atomic E-state index is 0. The van der Waals surface area contributed by atoms with Crippen molar-refractivity contribution in [1.29, 1.82) is 0 Å². The zero-order chi connectivity index (χ0) is 16.4. The molecule has 0 aromatic heterocycles. The fourth-order valence-corrected chi connectivity index (χ4v) is 4.33. The molecule has 0 spiro atoms. The maximum atomic E-state index is 5.45. The number of rotatable bonds is 3. The normalized spacial score (nSPS) is 24.7. The third kappa shape index (κ3) is 4.15.